The average Bonchev–Trinajstić information content (AvgIpc) is 3.59. The van der Waals surface area contributed by atoms with Gasteiger partial charge in [0, 0.05) is 36.7 Å². The van der Waals surface area contributed by atoms with Crippen LogP contribution in [0.5, 0.6) is 0 Å². The highest BCUT2D eigenvalue weighted by molar-refractivity contribution is 5.92. The smallest absolute Gasteiger partial charge is 0.411 e. The third-order valence-electron chi connectivity index (χ3n) is 8.96. The molecule has 2 aliphatic carbocycles. The van der Waals surface area contributed by atoms with Crippen LogP contribution in [0.2, 0.25) is 0 Å². The number of benzene rings is 1. The minimum atomic E-state index is -0.835. The number of anilines is 1. The van der Waals surface area contributed by atoms with Crippen LogP contribution in [0.1, 0.15) is 77.7 Å². The molecule has 0 radical (unpaired) electrons. The Kier molecular flexibility index (Phi) is 6.96. The fourth-order valence-electron chi connectivity index (χ4n) is 7.32. The number of ether oxygens (including phenoxy) is 1. The van der Waals surface area contributed by atoms with Gasteiger partial charge in [-0.3, -0.25) is 14.5 Å². The monoisotopic (exact) mass is 513 g/mol. The number of likely N-dealkylation sites (tertiary alicyclic amines) is 1. The van der Waals surface area contributed by atoms with Crippen molar-refractivity contribution in [2.24, 2.45) is 23.5 Å². The lowest BCUT2D eigenvalue weighted by Gasteiger charge is -2.36. The number of carbonyl (C=O) groups is 3. The Morgan fingerprint density at radius 3 is 2.59 bits per heavy atom. The average molecular weight is 514 g/mol. The molecule has 2 saturated heterocycles. The number of nitrogens with zero attached hydrogens (tertiary/aromatic N) is 2. The first-order valence-corrected chi connectivity index (χ1v) is 13.9. The van der Waals surface area contributed by atoms with Gasteiger partial charge in [-0.15, -0.1) is 0 Å². The summed E-state index contributed by atoms with van der Waals surface area (Å²) in [4.78, 5) is 42.7. The standard InChI is InChI=1S/C29H40FN3O4/c1-29(2,3)37-28(36)33-22-10-8-19(14-22)26(33)25(34)15-20(27(31)35)13-18-7-9-21(16-23(18)30)32-12-11-17-5-4-6-24(17)32/h7,9,16-17,19-20,22,24,26H,4-6,8,10-15H2,1-3H3,(H2,31,35)/t17?,19-,20+,22+,24?,26-/m0/s1. The quantitative estimate of drug-likeness (QED) is 0.575. The number of nitrogens with two attached hydrogens (primary N) is 1. The summed E-state index contributed by atoms with van der Waals surface area (Å²) in [6, 6.07) is 5.09. The Bertz CT molecular complexity index is 1070. The van der Waals surface area contributed by atoms with Crippen LogP contribution in [-0.4, -0.2) is 53.0 Å². The van der Waals surface area contributed by atoms with E-state index in [1.54, 1.807) is 37.8 Å². The SMILES string of the molecule is CC(C)(C)OC(=O)N1[C@@H]2CC[C@@H](C2)[C@H]1C(=O)C[C@@H](Cc1ccc(N2CCC3CCCC32)cc1F)C(N)=O. The van der Waals surface area contributed by atoms with Crippen LogP contribution >= 0.6 is 0 Å². The normalized spacial score (nSPS) is 29.5. The topological polar surface area (TPSA) is 92.9 Å². The van der Waals surface area contributed by atoms with Crippen molar-refractivity contribution in [1.82, 2.24) is 4.90 Å². The van der Waals surface area contributed by atoms with E-state index in [4.69, 9.17) is 10.5 Å². The van der Waals surface area contributed by atoms with E-state index in [9.17, 15) is 14.4 Å². The first-order valence-electron chi connectivity index (χ1n) is 13.9. The molecule has 5 rings (SSSR count). The number of hydrogen-bond donors (Lipinski definition) is 1. The number of piperidine rings is 1. The van der Waals surface area contributed by atoms with Crippen LogP contribution in [-0.2, 0) is 20.7 Å². The van der Waals surface area contributed by atoms with Crippen molar-refractivity contribution in [3.63, 3.8) is 0 Å². The van der Waals surface area contributed by atoms with Gasteiger partial charge in [0.15, 0.2) is 5.78 Å². The summed E-state index contributed by atoms with van der Waals surface area (Å²) in [6.07, 6.45) is 6.75. The van der Waals surface area contributed by atoms with Crippen molar-refractivity contribution < 1.29 is 23.5 Å². The van der Waals surface area contributed by atoms with Gasteiger partial charge in [-0.25, -0.2) is 9.18 Å². The number of halogens is 1. The highest BCUT2D eigenvalue weighted by Crippen LogP contribution is 2.44. The Morgan fingerprint density at radius 1 is 1.11 bits per heavy atom. The number of carbonyl (C=O) groups excluding carboxylic acids is 3. The molecule has 2 amide bonds. The van der Waals surface area contributed by atoms with Gasteiger partial charge in [-0.2, -0.15) is 0 Å². The minimum Gasteiger partial charge on any atom is -0.444 e. The van der Waals surface area contributed by atoms with Crippen molar-refractivity contribution in [1.29, 1.82) is 0 Å². The summed E-state index contributed by atoms with van der Waals surface area (Å²) in [5.74, 6) is -1.25. The minimum absolute atomic E-state index is 0.0177. The molecule has 4 aliphatic rings. The molecule has 1 aromatic rings. The van der Waals surface area contributed by atoms with Gasteiger partial charge in [-0.1, -0.05) is 12.5 Å². The fraction of sp³-hybridized carbons (Fsp3) is 0.690. The molecule has 8 heteroatoms. The third kappa shape index (κ3) is 5.21. The Labute approximate surface area is 218 Å². The number of ketones is 1. The van der Waals surface area contributed by atoms with E-state index in [1.807, 2.05) is 6.07 Å². The van der Waals surface area contributed by atoms with Crippen molar-refractivity contribution in [2.45, 2.75) is 102 Å². The molecule has 0 spiro atoms. The fourth-order valence-corrected chi connectivity index (χ4v) is 7.32. The van der Waals surface area contributed by atoms with Gasteiger partial charge in [0.2, 0.25) is 5.91 Å². The summed E-state index contributed by atoms with van der Waals surface area (Å²) in [7, 11) is 0. The largest absolute Gasteiger partial charge is 0.444 e. The van der Waals surface area contributed by atoms with Gasteiger partial charge in [0.05, 0.1) is 6.04 Å². The van der Waals surface area contributed by atoms with E-state index in [1.165, 1.54) is 12.8 Å². The maximum Gasteiger partial charge on any atom is 0.411 e. The zero-order chi connectivity index (χ0) is 26.5. The van der Waals surface area contributed by atoms with Gasteiger partial charge in [0.1, 0.15) is 11.4 Å². The molecule has 4 fully saturated rings. The second-order valence-corrected chi connectivity index (χ2v) is 12.5. The van der Waals surface area contributed by atoms with Crippen molar-refractivity contribution in [2.75, 3.05) is 11.4 Å². The van der Waals surface area contributed by atoms with Crippen molar-refractivity contribution in [3.8, 4) is 0 Å². The molecule has 2 N–H and O–H groups in total. The highest BCUT2D eigenvalue weighted by atomic mass is 19.1. The van der Waals surface area contributed by atoms with E-state index < -0.39 is 29.6 Å². The van der Waals surface area contributed by atoms with E-state index >= 15 is 4.39 Å². The molecule has 2 aliphatic heterocycles. The van der Waals surface area contributed by atoms with Crippen LogP contribution in [0, 0.1) is 23.6 Å². The second kappa shape index (κ2) is 9.91. The maximum atomic E-state index is 15.2. The molecule has 2 saturated carbocycles. The second-order valence-electron chi connectivity index (χ2n) is 12.5. The highest BCUT2D eigenvalue weighted by Gasteiger charge is 2.52. The van der Waals surface area contributed by atoms with Gasteiger partial charge in [-0.05, 0) is 95.2 Å². The van der Waals surface area contributed by atoms with Crippen LogP contribution in [0.4, 0.5) is 14.9 Å². The van der Waals surface area contributed by atoms with Crippen LogP contribution in [0.15, 0.2) is 18.2 Å². The number of hydrogen-bond acceptors (Lipinski definition) is 5. The Balaban J connectivity index is 1.28. The lowest BCUT2D eigenvalue weighted by atomic mass is 9.87. The summed E-state index contributed by atoms with van der Waals surface area (Å²) >= 11 is 0. The van der Waals surface area contributed by atoms with Crippen molar-refractivity contribution in [3.05, 3.63) is 29.6 Å². The first kappa shape index (κ1) is 26.0. The summed E-state index contributed by atoms with van der Waals surface area (Å²) < 4.78 is 20.8. The van der Waals surface area contributed by atoms with Gasteiger partial charge >= 0.3 is 6.09 Å². The molecule has 0 aromatic heterocycles. The summed E-state index contributed by atoms with van der Waals surface area (Å²) in [6.45, 7) is 6.35. The summed E-state index contributed by atoms with van der Waals surface area (Å²) in [5, 5.41) is 0. The molecule has 2 unspecified atom stereocenters. The number of fused-ring (bicyclic) bond motifs is 3. The van der Waals surface area contributed by atoms with Crippen LogP contribution in [0.3, 0.4) is 0 Å². The third-order valence-corrected chi connectivity index (χ3v) is 8.96. The van der Waals surface area contributed by atoms with E-state index in [0.29, 0.717) is 17.5 Å². The molecule has 7 nitrogen and oxygen atoms in total. The molecular formula is C29H40FN3O4. The number of amides is 2. The van der Waals surface area contributed by atoms with E-state index in [2.05, 4.69) is 4.90 Å². The first-order chi connectivity index (χ1) is 17.5. The molecular weight excluding hydrogens is 473 g/mol. The molecule has 37 heavy (non-hydrogen) atoms. The van der Waals surface area contributed by atoms with Crippen LogP contribution in [0.25, 0.3) is 0 Å². The number of primary amides is 1. The van der Waals surface area contributed by atoms with Crippen molar-refractivity contribution >= 4 is 23.5 Å². The van der Waals surface area contributed by atoms with Gasteiger partial charge in [0.25, 0.3) is 0 Å². The maximum absolute atomic E-state index is 15.2. The Morgan fingerprint density at radius 2 is 1.89 bits per heavy atom. The molecule has 6 atom stereocenters. The predicted octanol–water partition coefficient (Wildman–Crippen LogP) is 4.60. The van der Waals surface area contributed by atoms with E-state index in [-0.39, 0.29) is 36.4 Å². The zero-order valence-electron chi connectivity index (χ0n) is 22.2. The van der Waals surface area contributed by atoms with Gasteiger partial charge < -0.3 is 15.4 Å². The van der Waals surface area contributed by atoms with Crippen LogP contribution < -0.4 is 10.6 Å². The number of rotatable bonds is 7. The lowest BCUT2D eigenvalue weighted by molar-refractivity contribution is -0.131. The zero-order valence-corrected chi connectivity index (χ0v) is 22.2. The number of Topliss-reactive ketones (excluding diaryl/α,β-unsaturated/α-hetero) is 1. The van der Waals surface area contributed by atoms with E-state index in [0.717, 1.165) is 44.3 Å². The molecule has 202 valence electrons. The lowest BCUT2D eigenvalue weighted by Crippen LogP contribution is -2.51. The predicted molar refractivity (Wildman–Crippen MR) is 138 cm³/mol. The summed E-state index contributed by atoms with van der Waals surface area (Å²) in [5.41, 5.74) is 6.30. The molecule has 2 heterocycles. The molecule has 1 aromatic carbocycles. The Hall–Kier alpha value is -2.64. The molecule has 2 bridgehead atoms.